The lowest BCUT2D eigenvalue weighted by Crippen LogP contribution is -2.67. The predicted octanol–water partition coefficient (Wildman–Crippen LogP) is 4.10. The van der Waals surface area contributed by atoms with E-state index in [2.05, 4.69) is 5.32 Å². The summed E-state index contributed by atoms with van der Waals surface area (Å²) in [5, 5.41) is 19.9. The van der Waals surface area contributed by atoms with Gasteiger partial charge >= 0.3 is 0 Å². The molecule has 2 atom stereocenters. The lowest BCUT2D eigenvalue weighted by molar-refractivity contribution is -0.0170. The standard InChI is InChI=1S/C20H17F2N3OS.C2H6.CH4O/c21-17-9-18(22)16(8-13(17)10-23)20-12-26-7-6-14(20)11-25(19(27)24-20)15-4-2-1-3-5-15;2*1-2/h1-5,8-9,14H,6-7,11-12H2,(H,24,27);1-2H3;2H,1H3. The molecule has 2 heterocycles. The molecule has 2 fully saturated rings. The summed E-state index contributed by atoms with van der Waals surface area (Å²) in [7, 11) is 1.00. The number of rotatable bonds is 2. The molecule has 0 saturated carbocycles. The van der Waals surface area contributed by atoms with E-state index in [4.69, 9.17) is 22.1 Å². The average Bonchev–Trinajstić information content (AvgIpc) is 2.81. The van der Waals surface area contributed by atoms with Crippen LogP contribution >= 0.6 is 12.2 Å². The van der Waals surface area contributed by atoms with Gasteiger partial charge < -0.3 is 20.1 Å². The Bertz CT molecular complexity index is 936. The Labute approximate surface area is 187 Å². The first kappa shape index (κ1) is 24.7. The van der Waals surface area contributed by atoms with Crippen LogP contribution in [-0.2, 0) is 10.3 Å². The quantitative estimate of drug-likeness (QED) is 0.676. The summed E-state index contributed by atoms with van der Waals surface area (Å²) in [4.78, 5) is 1.98. The first-order chi connectivity index (χ1) is 15.0. The molecule has 0 bridgehead atoms. The van der Waals surface area contributed by atoms with Crippen LogP contribution in [0.25, 0.3) is 0 Å². The third-order valence-electron chi connectivity index (χ3n) is 5.34. The van der Waals surface area contributed by atoms with Gasteiger partial charge in [-0.15, -0.1) is 0 Å². The van der Waals surface area contributed by atoms with E-state index in [0.29, 0.717) is 24.7 Å². The highest BCUT2D eigenvalue weighted by molar-refractivity contribution is 7.80. The van der Waals surface area contributed by atoms with Gasteiger partial charge in [0.25, 0.3) is 0 Å². The van der Waals surface area contributed by atoms with E-state index in [-0.39, 0.29) is 23.7 Å². The van der Waals surface area contributed by atoms with Crippen LogP contribution in [0, 0.1) is 28.9 Å². The Morgan fingerprint density at radius 3 is 2.52 bits per heavy atom. The molecule has 2 aromatic carbocycles. The predicted molar refractivity (Wildman–Crippen MR) is 121 cm³/mol. The van der Waals surface area contributed by atoms with E-state index in [1.165, 1.54) is 6.07 Å². The fraction of sp³-hybridized carbons (Fsp3) is 0.391. The lowest BCUT2D eigenvalue weighted by Gasteiger charge is -2.52. The molecule has 4 rings (SSSR count). The number of benzene rings is 2. The molecule has 166 valence electrons. The number of aliphatic hydroxyl groups excluding tert-OH is 1. The normalized spacial score (nSPS) is 21.9. The molecule has 5 nitrogen and oxygen atoms in total. The Morgan fingerprint density at radius 1 is 1.19 bits per heavy atom. The number of nitriles is 1. The molecular formula is C23H27F2N3O2S. The fourth-order valence-electron chi connectivity index (χ4n) is 3.94. The first-order valence-electron chi connectivity index (χ1n) is 10.1. The Balaban J connectivity index is 0.000000807. The zero-order chi connectivity index (χ0) is 23.0. The van der Waals surface area contributed by atoms with Gasteiger partial charge in [0.2, 0.25) is 0 Å². The van der Waals surface area contributed by atoms with Crippen molar-refractivity contribution in [2.45, 2.75) is 25.8 Å². The van der Waals surface area contributed by atoms with Crippen molar-refractivity contribution in [2.24, 2.45) is 5.92 Å². The van der Waals surface area contributed by atoms with Crippen molar-refractivity contribution in [1.82, 2.24) is 5.32 Å². The number of nitrogens with one attached hydrogen (secondary N) is 1. The number of thiocarbonyl (C=S) groups is 1. The van der Waals surface area contributed by atoms with Gasteiger partial charge in [-0.05, 0) is 36.8 Å². The van der Waals surface area contributed by atoms with Gasteiger partial charge in [-0.2, -0.15) is 5.26 Å². The number of anilines is 1. The highest BCUT2D eigenvalue weighted by Crippen LogP contribution is 2.41. The number of halogens is 2. The van der Waals surface area contributed by atoms with E-state index < -0.39 is 17.2 Å². The molecule has 0 aliphatic carbocycles. The van der Waals surface area contributed by atoms with Gasteiger partial charge in [0.05, 0.1) is 17.7 Å². The van der Waals surface area contributed by atoms with Gasteiger partial charge in [0.1, 0.15) is 17.7 Å². The molecule has 2 saturated heterocycles. The summed E-state index contributed by atoms with van der Waals surface area (Å²) in [5.41, 5.74) is 0.0557. The van der Waals surface area contributed by atoms with Crippen LogP contribution in [0.5, 0.6) is 0 Å². The maximum atomic E-state index is 14.8. The molecule has 0 spiro atoms. The van der Waals surface area contributed by atoms with E-state index in [1.54, 1.807) is 6.07 Å². The minimum atomic E-state index is -0.927. The van der Waals surface area contributed by atoms with Crippen LogP contribution in [-0.4, -0.2) is 37.1 Å². The number of para-hydroxylation sites is 1. The molecule has 0 aromatic heterocycles. The lowest BCUT2D eigenvalue weighted by atomic mass is 9.73. The van der Waals surface area contributed by atoms with Crippen LogP contribution < -0.4 is 10.2 Å². The molecule has 2 N–H and O–H groups in total. The Hall–Kier alpha value is -2.60. The van der Waals surface area contributed by atoms with Crippen LogP contribution in [0.3, 0.4) is 0 Å². The zero-order valence-electron chi connectivity index (χ0n) is 17.9. The van der Waals surface area contributed by atoms with E-state index >= 15 is 0 Å². The number of hydrogen-bond acceptors (Lipinski definition) is 4. The van der Waals surface area contributed by atoms with Crippen molar-refractivity contribution in [3.05, 3.63) is 65.2 Å². The van der Waals surface area contributed by atoms with Crippen LogP contribution in [0.2, 0.25) is 0 Å². The molecule has 31 heavy (non-hydrogen) atoms. The molecule has 8 heteroatoms. The Morgan fingerprint density at radius 2 is 1.87 bits per heavy atom. The first-order valence-corrected chi connectivity index (χ1v) is 10.5. The largest absolute Gasteiger partial charge is 0.400 e. The van der Waals surface area contributed by atoms with Crippen molar-refractivity contribution in [3.63, 3.8) is 0 Å². The van der Waals surface area contributed by atoms with E-state index in [9.17, 15) is 14.0 Å². The summed E-state index contributed by atoms with van der Waals surface area (Å²) in [6, 6.07) is 13.6. The van der Waals surface area contributed by atoms with Gasteiger partial charge in [0.15, 0.2) is 5.11 Å². The zero-order valence-corrected chi connectivity index (χ0v) is 18.7. The molecule has 0 radical (unpaired) electrons. The number of aliphatic hydroxyl groups is 1. The van der Waals surface area contributed by atoms with Gasteiger partial charge in [0, 0.05) is 43.5 Å². The average molecular weight is 448 g/mol. The Kier molecular flexibility index (Phi) is 8.87. The van der Waals surface area contributed by atoms with Crippen molar-refractivity contribution in [2.75, 3.05) is 31.8 Å². The molecular weight excluding hydrogens is 420 g/mol. The van der Waals surface area contributed by atoms with Crippen LogP contribution in [0.4, 0.5) is 14.5 Å². The van der Waals surface area contributed by atoms with Crippen molar-refractivity contribution in [1.29, 1.82) is 5.26 Å². The monoisotopic (exact) mass is 447 g/mol. The second kappa shape index (κ2) is 11.1. The third-order valence-corrected chi connectivity index (χ3v) is 5.66. The topological polar surface area (TPSA) is 68.5 Å². The van der Waals surface area contributed by atoms with Crippen LogP contribution in [0.1, 0.15) is 31.4 Å². The van der Waals surface area contributed by atoms with E-state index in [0.717, 1.165) is 18.9 Å². The van der Waals surface area contributed by atoms with Crippen molar-refractivity contribution in [3.8, 4) is 6.07 Å². The minimum absolute atomic E-state index is 0.0235. The molecule has 0 amide bonds. The smallest absolute Gasteiger partial charge is 0.174 e. The fourth-order valence-corrected chi connectivity index (χ4v) is 4.30. The van der Waals surface area contributed by atoms with Gasteiger partial charge in [-0.25, -0.2) is 8.78 Å². The highest BCUT2D eigenvalue weighted by Gasteiger charge is 2.50. The second-order valence-electron chi connectivity index (χ2n) is 6.81. The summed E-state index contributed by atoms with van der Waals surface area (Å²) in [6.07, 6.45) is 0.692. The maximum absolute atomic E-state index is 14.8. The molecule has 2 unspecified atom stereocenters. The second-order valence-corrected chi connectivity index (χ2v) is 7.20. The number of ether oxygens (including phenoxy) is 1. The highest BCUT2D eigenvalue weighted by atomic mass is 32.1. The molecule has 2 aliphatic rings. The number of fused-ring (bicyclic) bond motifs is 1. The molecule has 2 aliphatic heterocycles. The summed E-state index contributed by atoms with van der Waals surface area (Å²) < 4.78 is 34.3. The van der Waals surface area contributed by atoms with Gasteiger partial charge in [-0.1, -0.05) is 32.0 Å². The summed E-state index contributed by atoms with van der Waals surface area (Å²) in [5.74, 6) is -1.59. The molecule has 2 aromatic rings. The van der Waals surface area contributed by atoms with Crippen LogP contribution in [0.15, 0.2) is 42.5 Å². The number of hydrogen-bond donors (Lipinski definition) is 2. The summed E-state index contributed by atoms with van der Waals surface area (Å²) in [6.45, 7) is 5.34. The number of nitrogens with zero attached hydrogens (tertiary/aromatic N) is 2. The van der Waals surface area contributed by atoms with Gasteiger partial charge in [-0.3, -0.25) is 0 Å². The third kappa shape index (κ3) is 4.85. The summed E-state index contributed by atoms with van der Waals surface area (Å²) >= 11 is 5.58. The minimum Gasteiger partial charge on any atom is -0.400 e. The SMILES string of the molecule is CC.CO.N#Cc1cc(C23COCCC2CN(c2ccccc2)C(=S)N3)c(F)cc1F. The van der Waals surface area contributed by atoms with Crippen molar-refractivity contribution >= 4 is 23.0 Å². The van der Waals surface area contributed by atoms with E-state index in [1.807, 2.05) is 49.1 Å². The van der Waals surface area contributed by atoms with Crippen molar-refractivity contribution < 1.29 is 18.6 Å². The maximum Gasteiger partial charge on any atom is 0.174 e.